The van der Waals surface area contributed by atoms with Crippen molar-refractivity contribution in [1.29, 1.82) is 0 Å². The minimum Gasteiger partial charge on any atom is -0.346 e. The third kappa shape index (κ3) is 3.31. The molecule has 0 unspecified atom stereocenters. The van der Waals surface area contributed by atoms with Gasteiger partial charge in [0.15, 0.2) is 0 Å². The van der Waals surface area contributed by atoms with Crippen molar-refractivity contribution in [2.75, 3.05) is 13.6 Å². The minimum absolute atomic E-state index is 0.240. The molecule has 0 fully saturated rings. The molecule has 0 aromatic carbocycles. The van der Waals surface area contributed by atoms with Gasteiger partial charge in [0.1, 0.15) is 0 Å². The Morgan fingerprint density at radius 1 is 1.41 bits per heavy atom. The summed E-state index contributed by atoms with van der Waals surface area (Å²) in [6.07, 6.45) is 1.68. The number of nitrogens with one attached hydrogen (secondary N) is 2. The van der Waals surface area contributed by atoms with Gasteiger partial charge in [0.25, 0.3) is 0 Å². The molecule has 5 nitrogen and oxygen atoms in total. The largest absolute Gasteiger partial charge is 0.346 e. The average Bonchev–Trinajstić information content (AvgIpc) is 2.71. The standard InChI is InChI=1S/C11H21N3O2S/c1-5-13-7-10-6-11(17(15,16)12-4)8-14(10)9(2)3/h6,8-9,12-13H,5,7H2,1-4H3. The van der Waals surface area contributed by atoms with Crippen LogP contribution in [0.1, 0.15) is 32.5 Å². The van der Waals surface area contributed by atoms with E-state index in [4.69, 9.17) is 0 Å². The molecule has 2 N–H and O–H groups in total. The van der Waals surface area contributed by atoms with Gasteiger partial charge in [0.05, 0.1) is 4.90 Å². The van der Waals surface area contributed by atoms with Gasteiger partial charge in [0.2, 0.25) is 10.0 Å². The zero-order chi connectivity index (χ0) is 13.1. The molecular weight excluding hydrogens is 238 g/mol. The van der Waals surface area contributed by atoms with Gasteiger partial charge in [0, 0.05) is 24.5 Å². The summed E-state index contributed by atoms with van der Waals surface area (Å²) in [7, 11) is -1.93. The number of aromatic nitrogens is 1. The van der Waals surface area contributed by atoms with Crippen LogP contribution in [-0.2, 0) is 16.6 Å². The summed E-state index contributed by atoms with van der Waals surface area (Å²) < 4.78 is 27.7. The number of rotatable bonds is 6. The van der Waals surface area contributed by atoms with Gasteiger partial charge >= 0.3 is 0 Å². The summed E-state index contributed by atoms with van der Waals surface area (Å²) >= 11 is 0. The fourth-order valence-corrected chi connectivity index (χ4v) is 2.42. The molecule has 0 aliphatic heterocycles. The first-order valence-corrected chi connectivity index (χ1v) is 7.25. The highest BCUT2D eigenvalue weighted by atomic mass is 32.2. The van der Waals surface area contributed by atoms with Crippen molar-refractivity contribution in [3.63, 3.8) is 0 Å². The van der Waals surface area contributed by atoms with Crippen LogP contribution >= 0.6 is 0 Å². The highest BCUT2D eigenvalue weighted by molar-refractivity contribution is 7.89. The van der Waals surface area contributed by atoms with Gasteiger partial charge in [-0.15, -0.1) is 0 Å². The second-order valence-corrected chi connectivity index (χ2v) is 6.04. The maximum Gasteiger partial charge on any atom is 0.241 e. The first-order valence-electron chi connectivity index (χ1n) is 5.77. The van der Waals surface area contributed by atoms with Crippen LogP contribution in [0.5, 0.6) is 0 Å². The molecule has 98 valence electrons. The summed E-state index contributed by atoms with van der Waals surface area (Å²) in [4.78, 5) is 0.321. The lowest BCUT2D eigenvalue weighted by molar-refractivity contribution is 0.555. The average molecular weight is 259 g/mol. The predicted octanol–water partition coefficient (Wildman–Crippen LogP) is 1.09. The van der Waals surface area contributed by atoms with Gasteiger partial charge in [-0.05, 0) is 33.5 Å². The zero-order valence-corrected chi connectivity index (χ0v) is 11.6. The van der Waals surface area contributed by atoms with Gasteiger partial charge in [-0.2, -0.15) is 0 Å². The molecular formula is C11H21N3O2S. The van der Waals surface area contributed by atoms with Gasteiger partial charge in [-0.3, -0.25) is 0 Å². The Hall–Kier alpha value is -0.850. The molecule has 0 spiro atoms. The van der Waals surface area contributed by atoms with Crippen LogP contribution in [0, 0.1) is 0 Å². The van der Waals surface area contributed by atoms with Crippen molar-refractivity contribution in [1.82, 2.24) is 14.6 Å². The summed E-state index contributed by atoms with van der Waals surface area (Å²) in [5, 5.41) is 3.21. The maximum atomic E-state index is 11.7. The maximum absolute atomic E-state index is 11.7. The lowest BCUT2D eigenvalue weighted by atomic mass is 10.3. The van der Waals surface area contributed by atoms with E-state index in [9.17, 15) is 8.42 Å². The highest BCUT2D eigenvalue weighted by Crippen LogP contribution is 2.18. The third-order valence-corrected chi connectivity index (χ3v) is 3.98. The molecule has 0 aliphatic carbocycles. The molecule has 0 saturated heterocycles. The summed E-state index contributed by atoms with van der Waals surface area (Å²) in [5.41, 5.74) is 0.982. The summed E-state index contributed by atoms with van der Waals surface area (Å²) in [6.45, 7) is 7.62. The van der Waals surface area contributed by atoms with Gasteiger partial charge in [-0.25, -0.2) is 13.1 Å². The number of sulfonamides is 1. The van der Waals surface area contributed by atoms with Crippen molar-refractivity contribution in [3.8, 4) is 0 Å². The number of hydrogen-bond donors (Lipinski definition) is 2. The van der Waals surface area contributed by atoms with E-state index < -0.39 is 10.0 Å². The molecule has 0 radical (unpaired) electrons. The molecule has 0 saturated carbocycles. The quantitative estimate of drug-likeness (QED) is 0.804. The van der Waals surface area contributed by atoms with Crippen molar-refractivity contribution in [2.45, 2.75) is 38.3 Å². The Bertz CT molecular complexity index is 463. The van der Waals surface area contributed by atoms with Crippen molar-refractivity contribution >= 4 is 10.0 Å². The fourth-order valence-electron chi connectivity index (χ4n) is 1.64. The molecule has 17 heavy (non-hydrogen) atoms. The Balaban J connectivity index is 3.12. The number of hydrogen-bond acceptors (Lipinski definition) is 3. The molecule has 0 aliphatic rings. The highest BCUT2D eigenvalue weighted by Gasteiger charge is 2.17. The second-order valence-electron chi connectivity index (χ2n) is 4.16. The van der Waals surface area contributed by atoms with E-state index >= 15 is 0 Å². The second kappa shape index (κ2) is 5.66. The Morgan fingerprint density at radius 3 is 2.53 bits per heavy atom. The van der Waals surface area contributed by atoms with E-state index in [-0.39, 0.29) is 6.04 Å². The van der Waals surface area contributed by atoms with Crippen molar-refractivity contribution < 1.29 is 8.42 Å². The molecule has 6 heteroatoms. The minimum atomic E-state index is -3.36. The zero-order valence-electron chi connectivity index (χ0n) is 10.8. The molecule has 1 aromatic rings. The van der Waals surface area contributed by atoms with Gasteiger partial charge < -0.3 is 9.88 Å². The van der Waals surface area contributed by atoms with Crippen molar-refractivity contribution in [2.24, 2.45) is 0 Å². The molecule has 1 rings (SSSR count). The third-order valence-electron chi connectivity index (χ3n) is 2.60. The van der Waals surface area contributed by atoms with E-state index in [0.29, 0.717) is 11.4 Å². The smallest absolute Gasteiger partial charge is 0.241 e. The van der Waals surface area contributed by atoms with Crippen LogP contribution in [0.25, 0.3) is 0 Å². The topological polar surface area (TPSA) is 63.1 Å². The summed E-state index contributed by atoms with van der Waals surface area (Å²) in [6, 6.07) is 1.96. The first-order chi connectivity index (χ1) is 7.92. The Labute approximate surface area is 103 Å². The predicted molar refractivity (Wildman–Crippen MR) is 68.4 cm³/mol. The lowest BCUT2D eigenvalue weighted by Gasteiger charge is -2.12. The van der Waals surface area contributed by atoms with Crippen LogP contribution in [0.15, 0.2) is 17.2 Å². The SMILES string of the molecule is CCNCc1cc(S(=O)(=O)NC)cn1C(C)C. The van der Waals surface area contributed by atoms with Crippen LogP contribution < -0.4 is 10.0 Å². The molecule has 1 aromatic heterocycles. The number of nitrogens with zero attached hydrogens (tertiary/aromatic N) is 1. The molecule has 0 atom stereocenters. The van der Waals surface area contributed by atoms with E-state index in [1.807, 2.05) is 25.3 Å². The van der Waals surface area contributed by atoms with Gasteiger partial charge in [-0.1, -0.05) is 6.92 Å². The van der Waals surface area contributed by atoms with Crippen molar-refractivity contribution in [3.05, 3.63) is 18.0 Å². The fraction of sp³-hybridized carbons (Fsp3) is 0.636. The molecule has 1 heterocycles. The lowest BCUT2D eigenvalue weighted by Crippen LogP contribution is -2.17. The van der Waals surface area contributed by atoms with E-state index in [2.05, 4.69) is 10.0 Å². The van der Waals surface area contributed by atoms with Crippen LogP contribution in [-0.4, -0.2) is 26.6 Å². The van der Waals surface area contributed by atoms with E-state index in [0.717, 1.165) is 12.2 Å². The molecule has 0 amide bonds. The first kappa shape index (κ1) is 14.2. The van der Waals surface area contributed by atoms with Crippen LogP contribution in [0.3, 0.4) is 0 Å². The van der Waals surface area contributed by atoms with Crippen LogP contribution in [0.2, 0.25) is 0 Å². The van der Waals surface area contributed by atoms with E-state index in [1.54, 1.807) is 12.3 Å². The molecule has 0 bridgehead atoms. The Morgan fingerprint density at radius 2 is 2.06 bits per heavy atom. The normalized spacial score (nSPS) is 12.3. The van der Waals surface area contributed by atoms with Crippen LogP contribution in [0.4, 0.5) is 0 Å². The van der Waals surface area contributed by atoms with E-state index in [1.165, 1.54) is 7.05 Å². The monoisotopic (exact) mass is 259 g/mol. The Kier molecular flexibility index (Phi) is 4.73. The summed E-state index contributed by atoms with van der Waals surface area (Å²) in [5.74, 6) is 0.